The lowest BCUT2D eigenvalue weighted by molar-refractivity contribution is -0.141. The molecular formula is C10H17N3O4S. The number of carboxylic acid groups (broad SMARTS) is 1. The molecule has 1 aromatic heterocycles. The molecule has 1 rings (SSSR count). The highest BCUT2D eigenvalue weighted by Gasteiger charge is 2.18. The van der Waals surface area contributed by atoms with Crippen LogP contribution in [-0.2, 0) is 21.2 Å². The topological polar surface area (TPSA) is 112 Å². The molecule has 0 aromatic carbocycles. The minimum Gasteiger partial charge on any atom is -0.481 e. The number of nitrogens with one attached hydrogen (secondary N) is 2. The average molecular weight is 275 g/mol. The van der Waals surface area contributed by atoms with Crippen molar-refractivity contribution in [1.29, 1.82) is 0 Å². The number of rotatable bonds is 7. The van der Waals surface area contributed by atoms with Gasteiger partial charge in [-0.25, -0.2) is 18.1 Å². The summed E-state index contributed by atoms with van der Waals surface area (Å²) >= 11 is 0. The van der Waals surface area contributed by atoms with Crippen molar-refractivity contribution in [3.05, 3.63) is 12.0 Å². The highest BCUT2D eigenvalue weighted by Crippen LogP contribution is 2.07. The van der Waals surface area contributed by atoms with Crippen molar-refractivity contribution >= 4 is 16.0 Å². The Bertz CT molecular complexity index is 509. The van der Waals surface area contributed by atoms with Crippen molar-refractivity contribution in [2.75, 3.05) is 6.54 Å². The number of carboxylic acids is 1. The number of hydrogen-bond donors (Lipinski definition) is 3. The van der Waals surface area contributed by atoms with E-state index >= 15 is 0 Å². The lowest BCUT2D eigenvalue weighted by atomic mass is 10.1. The van der Waals surface area contributed by atoms with Crippen LogP contribution in [0.2, 0.25) is 0 Å². The Morgan fingerprint density at radius 3 is 2.78 bits per heavy atom. The highest BCUT2D eigenvalue weighted by atomic mass is 32.2. The number of aromatic nitrogens is 2. The molecule has 0 fully saturated rings. The number of sulfonamides is 1. The number of H-pyrrole nitrogens is 1. The first kappa shape index (κ1) is 14.7. The zero-order valence-electron chi connectivity index (χ0n) is 10.3. The van der Waals surface area contributed by atoms with Crippen molar-refractivity contribution in [3.63, 3.8) is 0 Å². The van der Waals surface area contributed by atoms with Gasteiger partial charge >= 0.3 is 5.97 Å². The molecule has 0 aliphatic rings. The highest BCUT2D eigenvalue weighted by molar-refractivity contribution is 7.89. The maximum Gasteiger partial charge on any atom is 0.306 e. The molecular weight excluding hydrogens is 258 g/mol. The van der Waals surface area contributed by atoms with Crippen molar-refractivity contribution in [3.8, 4) is 0 Å². The Kier molecular flexibility index (Phi) is 4.85. The average Bonchev–Trinajstić information content (AvgIpc) is 2.77. The fourth-order valence-electron chi connectivity index (χ4n) is 1.27. The van der Waals surface area contributed by atoms with Gasteiger partial charge in [0.1, 0.15) is 5.82 Å². The zero-order chi connectivity index (χ0) is 13.8. The van der Waals surface area contributed by atoms with Crippen LogP contribution >= 0.6 is 0 Å². The third-order valence-electron chi connectivity index (χ3n) is 2.52. The van der Waals surface area contributed by atoms with Crippen molar-refractivity contribution in [2.45, 2.75) is 31.7 Å². The summed E-state index contributed by atoms with van der Waals surface area (Å²) in [4.78, 5) is 17.2. The van der Waals surface area contributed by atoms with Crippen molar-refractivity contribution in [2.24, 2.45) is 5.92 Å². The standard InChI is InChI=1S/C10H17N3O4S/c1-3-8-11-6-9(13-8)18(16,17)12-5-4-7(2)10(14)15/h6-7,12H,3-5H2,1-2H3,(H,11,13)(H,14,15). The second kappa shape index (κ2) is 5.96. The van der Waals surface area contributed by atoms with Crippen LogP contribution < -0.4 is 4.72 Å². The van der Waals surface area contributed by atoms with Gasteiger partial charge in [-0.05, 0) is 6.42 Å². The third kappa shape index (κ3) is 3.81. The smallest absolute Gasteiger partial charge is 0.306 e. The Hall–Kier alpha value is -1.41. The molecule has 3 N–H and O–H groups in total. The maximum atomic E-state index is 11.8. The third-order valence-corrected chi connectivity index (χ3v) is 3.89. The number of hydrogen-bond acceptors (Lipinski definition) is 4. The van der Waals surface area contributed by atoms with Gasteiger partial charge < -0.3 is 10.1 Å². The predicted octanol–water partition coefficient (Wildman–Crippen LogP) is 0.361. The van der Waals surface area contributed by atoms with Crippen LogP contribution in [0.4, 0.5) is 0 Å². The van der Waals surface area contributed by atoms with Crippen LogP contribution in [0.3, 0.4) is 0 Å². The molecule has 0 aliphatic heterocycles. The van der Waals surface area contributed by atoms with E-state index < -0.39 is 21.9 Å². The molecule has 0 bridgehead atoms. The molecule has 1 heterocycles. The van der Waals surface area contributed by atoms with Gasteiger partial charge in [0.25, 0.3) is 10.0 Å². The molecule has 0 saturated heterocycles. The van der Waals surface area contributed by atoms with Gasteiger partial charge in [-0.15, -0.1) is 0 Å². The van der Waals surface area contributed by atoms with Crippen LogP contribution in [0.25, 0.3) is 0 Å². The van der Waals surface area contributed by atoms with Crippen LogP contribution in [0.15, 0.2) is 11.2 Å². The number of carbonyl (C=O) groups is 1. The summed E-state index contributed by atoms with van der Waals surface area (Å²) in [5, 5.41) is 8.67. The molecule has 8 heteroatoms. The summed E-state index contributed by atoms with van der Waals surface area (Å²) < 4.78 is 25.9. The molecule has 7 nitrogen and oxygen atoms in total. The van der Waals surface area contributed by atoms with Crippen molar-refractivity contribution in [1.82, 2.24) is 14.7 Å². The van der Waals surface area contributed by atoms with Crippen LogP contribution in [-0.4, -0.2) is 36.0 Å². The van der Waals surface area contributed by atoms with Crippen LogP contribution in [0, 0.1) is 5.92 Å². The quantitative estimate of drug-likeness (QED) is 0.665. The first-order valence-corrected chi connectivity index (χ1v) is 7.11. The molecule has 1 unspecified atom stereocenters. The summed E-state index contributed by atoms with van der Waals surface area (Å²) in [6.45, 7) is 3.47. The second-order valence-electron chi connectivity index (χ2n) is 3.97. The summed E-state index contributed by atoms with van der Waals surface area (Å²) in [5.41, 5.74) is 0. The van der Waals surface area contributed by atoms with Gasteiger partial charge in [0, 0.05) is 13.0 Å². The molecule has 102 valence electrons. The van der Waals surface area contributed by atoms with Crippen LogP contribution in [0.1, 0.15) is 26.1 Å². The van der Waals surface area contributed by atoms with E-state index in [1.165, 1.54) is 13.1 Å². The zero-order valence-corrected chi connectivity index (χ0v) is 11.1. The van der Waals surface area contributed by atoms with E-state index in [2.05, 4.69) is 14.7 Å². The van der Waals surface area contributed by atoms with E-state index in [4.69, 9.17) is 5.11 Å². The molecule has 18 heavy (non-hydrogen) atoms. The van der Waals surface area contributed by atoms with Gasteiger partial charge in [0.2, 0.25) is 0 Å². The summed E-state index contributed by atoms with van der Waals surface area (Å²) in [6.07, 6.45) is 2.11. The monoisotopic (exact) mass is 275 g/mol. The van der Waals surface area contributed by atoms with Gasteiger partial charge in [0.15, 0.2) is 5.03 Å². The van der Waals surface area contributed by atoms with E-state index in [1.807, 2.05) is 6.92 Å². The fraction of sp³-hybridized carbons (Fsp3) is 0.600. The lowest BCUT2D eigenvalue weighted by Gasteiger charge is -2.07. The van der Waals surface area contributed by atoms with Crippen LogP contribution in [0.5, 0.6) is 0 Å². The Balaban J connectivity index is 2.57. The van der Waals surface area contributed by atoms with Gasteiger partial charge in [-0.3, -0.25) is 4.79 Å². The normalized spacial score (nSPS) is 13.4. The predicted molar refractivity (Wildman–Crippen MR) is 64.6 cm³/mol. The molecule has 1 atom stereocenters. The summed E-state index contributed by atoms with van der Waals surface area (Å²) in [5.74, 6) is -0.932. The Morgan fingerprint density at radius 1 is 1.61 bits per heavy atom. The molecule has 1 aromatic rings. The number of nitrogens with zero attached hydrogens (tertiary/aromatic N) is 1. The van der Waals surface area contributed by atoms with E-state index in [-0.39, 0.29) is 18.0 Å². The molecule has 0 saturated carbocycles. The number of aryl methyl sites for hydroxylation is 1. The maximum absolute atomic E-state index is 11.8. The van der Waals surface area contributed by atoms with E-state index in [9.17, 15) is 13.2 Å². The second-order valence-corrected chi connectivity index (χ2v) is 5.71. The van der Waals surface area contributed by atoms with E-state index in [0.29, 0.717) is 12.2 Å². The first-order chi connectivity index (χ1) is 8.36. The van der Waals surface area contributed by atoms with Gasteiger partial charge in [-0.2, -0.15) is 0 Å². The Morgan fingerprint density at radius 2 is 2.28 bits per heavy atom. The van der Waals surface area contributed by atoms with Gasteiger partial charge in [0.05, 0.1) is 12.1 Å². The fourth-order valence-corrected chi connectivity index (χ4v) is 2.26. The number of imidazole rings is 1. The molecule has 0 aliphatic carbocycles. The Labute approximate surface area is 106 Å². The van der Waals surface area contributed by atoms with Crippen molar-refractivity contribution < 1.29 is 18.3 Å². The molecule has 0 radical (unpaired) electrons. The molecule has 0 spiro atoms. The largest absolute Gasteiger partial charge is 0.481 e. The van der Waals surface area contributed by atoms with E-state index in [1.54, 1.807) is 0 Å². The lowest BCUT2D eigenvalue weighted by Crippen LogP contribution is -2.27. The summed E-state index contributed by atoms with van der Waals surface area (Å²) in [7, 11) is -3.63. The molecule has 0 amide bonds. The minimum atomic E-state index is -3.63. The summed E-state index contributed by atoms with van der Waals surface area (Å²) in [6, 6.07) is 0. The number of aliphatic carboxylic acids is 1. The minimum absolute atomic E-state index is 0.00216. The van der Waals surface area contributed by atoms with E-state index in [0.717, 1.165) is 0 Å². The van der Waals surface area contributed by atoms with Gasteiger partial charge in [-0.1, -0.05) is 13.8 Å². The number of aromatic amines is 1. The SMILES string of the molecule is CCc1ncc(S(=O)(=O)NCCC(C)C(=O)O)[nH]1. The first-order valence-electron chi connectivity index (χ1n) is 5.63.